The summed E-state index contributed by atoms with van der Waals surface area (Å²) in [6.07, 6.45) is 1.79. The number of oxazole rings is 2. The molecule has 0 spiro atoms. The van der Waals surface area contributed by atoms with E-state index >= 15 is 0 Å². The minimum absolute atomic E-state index is 0. The van der Waals surface area contributed by atoms with Crippen molar-refractivity contribution in [3.05, 3.63) is 174 Å². The van der Waals surface area contributed by atoms with Gasteiger partial charge in [0, 0.05) is 11.9 Å². The first-order valence-corrected chi connectivity index (χ1v) is 14.6. The zero-order valence-corrected chi connectivity index (χ0v) is 28.2. The van der Waals surface area contributed by atoms with Crippen LogP contribution in [0.1, 0.15) is 5.69 Å². The molecule has 0 saturated carbocycles. The van der Waals surface area contributed by atoms with E-state index in [0.29, 0.717) is 11.8 Å². The van der Waals surface area contributed by atoms with E-state index in [0.717, 1.165) is 43.5 Å². The molecule has 0 aliphatic carbocycles. The average Bonchev–Trinajstić information content (AvgIpc) is 3.72. The van der Waals surface area contributed by atoms with Crippen LogP contribution in [0.25, 0.3) is 45.1 Å². The van der Waals surface area contributed by atoms with Gasteiger partial charge < -0.3 is 8.83 Å². The molecule has 222 valence electrons. The first-order valence-electron chi connectivity index (χ1n) is 13.8. The van der Waals surface area contributed by atoms with Gasteiger partial charge >= 0.3 is 20.1 Å². The zero-order chi connectivity index (χ0) is 30.4. The normalized spacial score (nSPS) is 9.82. The van der Waals surface area contributed by atoms with Gasteiger partial charge in [-0.2, -0.15) is 30.3 Å². The van der Waals surface area contributed by atoms with Crippen LogP contribution >= 0.6 is 15.9 Å². The van der Waals surface area contributed by atoms with Gasteiger partial charge in [0.2, 0.25) is 0 Å². The summed E-state index contributed by atoms with van der Waals surface area (Å²) < 4.78 is 12.3. The minimum Gasteiger partial charge on any atom is -0.481 e. The van der Waals surface area contributed by atoms with E-state index in [1.807, 2.05) is 146 Å². The molecule has 3 heterocycles. The molecule has 7 heteroatoms. The van der Waals surface area contributed by atoms with Crippen LogP contribution in [0.2, 0.25) is 0 Å². The molecule has 0 aliphatic heterocycles. The standard InChI is InChI=1S/2C13H8NO.C6H4Br.C6H7N.Ir/c2*1-2-6-10(7-3-1)13-14-11-8-4-5-9-12(11)15-13;7-6-4-2-1-3-5-6;1-6-4-2-3-5-7-6;/h2*1-6,8-9H;1-2,4-5H;2-5H,1H3;/q3*-1;;+3. The number of pyridine rings is 1. The van der Waals surface area contributed by atoms with Crippen LogP contribution in [0, 0.1) is 25.1 Å². The molecule has 0 radical (unpaired) electrons. The summed E-state index contributed by atoms with van der Waals surface area (Å²) in [7, 11) is 0. The first kappa shape index (κ1) is 33.2. The van der Waals surface area contributed by atoms with Crippen LogP contribution in [0.15, 0.2) is 159 Å². The van der Waals surface area contributed by atoms with Crippen molar-refractivity contribution in [1.82, 2.24) is 15.0 Å². The fourth-order valence-corrected chi connectivity index (χ4v) is 4.13. The second kappa shape index (κ2) is 17.6. The Hall–Kier alpha value is -4.68. The van der Waals surface area contributed by atoms with Crippen LogP contribution in [-0.2, 0) is 20.1 Å². The van der Waals surface area contributed by atoms with E-state index < -0.39 is 0 Å². The molecule has 8 rings (SSSR count). The molecule has 0 aliphatic rings. The molecule has 0 amide bonds. The third kappa shape index (κ3) is 10.2. The van der Waals surface area contributed by atoms with Gasteiger partial charge in [-0.05, 0) is 43.3 Å². The Labute approximate surface area is 284 Å². The van der Waals surface area contributed by atoms with Crippen molar-refractivity contribution in [3.8, 4) is 22.9 Å². The molecule has 3 aromatic heterocycles. The summed E-state index contributed by atoms with van der Waals surface area (Å²) in [6.45, 7) is 1.97. The van der Waals surface area contributed by atoms with Gasteiger partial charge in [0.05, 0.1) is 11.0 Å². The minimum atomic E-state index is 0. The second-order valence-electron chi connectivity index (χ2n) is 9.22. The summed E-state index contributed by atoms with van der Waals surface area (Å²) in [5.41, 5.74) is 6.22. The molecular formula is C38H27BrIrN3O2. The summed E-state index contributed by atoms with van der Waals surface area (Å²) in [6, 6.07) is 53.4. The summed E-state index contributed by atoms with van der Waals surface area (Å²) >= 11 is 3.28. The molecule has 5 aromatic carbocycles. The third-order valence-electron chi connectivity index (χ3n) is 5.95. The number of fused-ring (bicyclic) bond motifs is 2. The molecular weight excluding hydrogens is 803 g/mol. The molecule has 0 unspecified atom stereocenters. The van der Waals surface area contributed by atoms with E-state index in [2.05, 4.69) is 49.1 Å². The first-order chi connectivity index (χ1) is 21.7. The van der Waals surface area contributed by atoms with Crippen molar-refractivity contribution < 1.29 is 28.9 Å². The quantitative estimate of drug-likeness (QED) is 0.162. The topological polar surface area (TPSA) is 65.0 Å². The number of aryl methyl sites for hydroxylation is 1. The van der Waals surface area contributed by atoms with Crippen LogP contribution in [-0.4, -0.2) is 15.0 Å². The maximum atomic E-state index is 5.61. The number of nitrogens with zero attached hydrogens (tertiary/aromatic N) is 3. The van der Waals surface area contributed by atoms with Crippen LogP contribution in [0.5, 0.6) is 0 Å². The van der Waals surface area contributed by atoms with Crippen molar-refractivity contribution in [2.24, 2.45) is 0 Å². The van der Waals surface area contributed by atoms with Crippen molar-refractivity contribution in [2.75, 3.05) is 0 Å². The molecule has 0 bridgehead atoms. The summed E-state index contributed by atoms with van der Waals surface area (Å²) in [5, 5.41) is 0. The molecule has 5 nitrogen and oxygen atoms in total. The molecule has 8 aromatic rings. The molecule has 0 atom stereocenters. The molecule has 0 saturated heterocycles. The smallest absolute Gasteiger partial charge is 0.481 e. The SMILES string of the molecule is Brc1c[c-]ccc1.Cc1ccccn1.[Ir+3].[c-]1ccccc1-c1nc2ccccc2o1.[c-]1ccccc1-c1nc2ccccc2o1. The van der Waals surface area contributed by atoms with E-state index in [-0.39, 0.29) is 20.1 Å². The number of rotatable bonds is 2. The van der Waals surface area contributed by atoms with Crippen molar-refractivity contribution in [3.63, 3.8) is 0 Å². The van der Waals surface area contributed by atoms with E-state index in [1.165, 1.54) is 0 Å². The third-order valence-corrected chi connectivity index (χ3v) is 6.44. The zero-order valence-electron chi connectivity index (χ0n) is 24.2. The monoisotopic (exact) mass is 829 g/mol. The fraction of sp³-hybridized carbons (Fsp3) is 0.0263. The fourth-order valence-electron chi connectivity index (χ4n) is 3.85. The van der Waals surface area contributed by atoms with Gasteiger partial charge in [0.25, 0.3) is 0 Å². The van der Waals surface area contributed by atoms with Gasteiger partial charge in [0.15, 0.2) is 0 Å². The Bertz CT molecular complexity index is 1770. The number of aromatic nitrogens is 3. The van der Waals surface area contributed by atoms with Gasteiger partial charge in [-0.1, -0.05) is 45.9 Å². The second-order valence-corrected chi connectivity index (χ2v) is 10.1. The van der Waals surface area contributed by atoms with E-state index in [1.54, 1.807) is 6.20 Å². The largest absolute Gasteiger partial charge is 3.00 e. The van der Waals surface area contributed by atoms with E-state index in [9.17, 15) is 0 Å². The number of para-hydroxylation sites is 4. The average molecular weight is 830 g/mol. The van der Waals surface area contributed by atoms with Crippen LogP contribution < -0.4 is 0 Å². The van der Waals surface area contributed by atoms with Gasteiger partial charge in [-0.3, -0.25) is 15.0 Å². The van der Waals surface area contributed by atoms with Gasteiger partial charge in [-0.15, -0.1) is 76.6 Å². The molecule has 0 N–H and O–H groups in total. The Kier molecular flexibility index (Phi) is 13.0. The number of hydrogen-bond donors (Lipinski definition) is 0. The summed E-state index contributed by atoms with van der Waals surface area (Å²) in [5.74, 6) is 1.24. The van der Waals surface area contributed by atoms with Crippen LogP contribution in [0.4, 0.5) is 0 Å². The van der Waals surface area contributed by atoms with Gasteiger partial charge in [0.1, 0.15) is 22.9 Å². The Balaban J connectivity index is 0.000000144. The van der Waals surface area contributed by atoms with Gasteiger partial charge in [-0.25, -0.2) is 0 Å². The van der Waals surface area contributed by atoms with Crippen molar-refractivity contribution in [2.45, 2.75) is 6.92 Å². The Morgan fingerprint density at radius 3 is 1.47 bits per heavy atom. The van der Waals surface area contributed by atoms with Crippen molar-refractivity contribution in [1.29, 1.82) is 0 Å². The number of hydrogen-bond acceptors (Lipinski definition) is 5. The number of benzene rings is 5. The van der Waals surface area contributed by atoms with Crippen LogP contribution in [0.3, 0.4) is 0 Å². The summed E-state index contributed by atoms with van der Waals surface area (Å²) in [4.78, 5) is 12.7. The molecule has 0 fully saturated rings. The maximum absolute atomic E-state index is 5.61. The number of halogens is 1. The molecule has 45 heavy (non-hydrogen) atoms. The Morgan fingerprint density at radius 1 is 0.578 bits per heavy atom. The van der Waals surface area contributed by atoms with E-state index in [4.69, 9.17) is 8.83 Å². The Morgan fingerprint density at radius 2 is 1.11 bits per heavy atom. The predicted octanol–water partition coefficient (Wildman–Crippen LogP) is 10.2. The maximum Gasteiger partial charge on any atom is 3.00 e. The predicted molar refractivity (Wildman–Crippen MR) is 179 cm³/mol. The van der Waals surface area contributed by atoms with Crippen molar-refractivity contribution >= 4 is 38.1 Å².